The van der Waals surface area contributed by atoms with Crippen LogP contribution < -0.4 is 5.32 Å². The normalized spacial score (nSPS) is 12.5. The number of aryl methyl sites for hydroxylation is 1. The lowest BCUT2D eigenvalue weighted by Gasteiger charge is -2.05. The van der Waals surface area contributed by atoms with Crippen LogP contribution in [0.2, 0.25) is 0 Å². The van der Waals surface area contributed by atoms with Gasteiger partial charge in [-0.3, -0.25) is 0 Å². The average Bonchev–Trinajstić information content (AvgIpc) is 2.30. The molecule has 0 bridgehead atoms. The van der Waals surface area contributed by atoms with Crippen molar-refractivity contribution in [2.75, 3.05) is 7.05 Å². The maximum absolute atomic E-state index is 4.11. The zero-order chi connectivity index (χ0) is 12.8. The van der Waals surface area contributed by atoms with E-state index in [2.05, 4.69) is 63.0 Å². The molecule has 0 fully saturated rings. The highest BCUT2D eigenvalue weighted by molar-refractivity contribution is 5.73. The van der Waals surface area contributed by atoms with Crippen molar-refractivity contribution < 1.29 is 0 Å². The number of hydrogen-bond donors (Lipinski definition) is 1. The molecule has 1 heteroatoms. The van der Waals surface area contributed by atoms with Gasteiger partial charge in [-0.2, -0.15) is 0 Å². The van der Waals surface area contributed by atoms with Crippen LogP contribution in [0.25, 0.3) is 5.57 Å². The molecule has 0 spiro atoms. The summed E-state index contributed by atoms with van der Waals surface area (Å²) >= 11 is 0. The van der Waals surface area contributed by atoms with Gasteiger partial charge in [0.25, 0.3) is 0 Å². The molecule has 0 aliphatic heterocycles. The highest BCUT2D eigenvalue weighted by Gasteiger charge is 1.98. The first-order chi connectivity index (χ1) is 8.04. The van der Waals surface area contributed by atoms with E-state index in [0.29, 0.717) is 0 Å². The second-order valence-corrected chi connectivity index (χ2v) is 4.33. The Morgan fingerprint density at radius 3 is 2.24 bits per heavy atom. The summed E-state index contributed by atoms with van der Waals surface area (Å²) in [5, 5.41) is 3.04. The van der Waals surface area contributed by atoms with Crippen molar-refractivity contribution in [2.24, 2.45) is 0 Å². The lowest BCUT2D eigenvalue weighted by Crippen LogP contribution is -1.95. The van der Waals surface area contributed by atoms with Gasteiger partial charge in [0.15, 0.2) is 0 Å². The molecule has 0 heterocycles. The van der Waals surface area contributed by atoms with Gasteiger partial charge in [-0.15, -0.1) is 0 Å². The third-order valence-electron chi connectivity index (χ3n) is 2.80. The fraction of sp³-hybridized carbons (Fsp3) is 0.250. The van der Waals surface area contributed by atoms with E-state index in [0.717, 1.165) is 5.57 Å². The number of benzene rings is 1. The van der Waals surface area contributed by atoms with Gasteiger partial charge < -0.3 is 5.32 Å². The summed E-state index contributed by atoms with van der Waals surface area (Å²) in [5.74, 6) is 0. The molecular formula is C16H21N. The molecule has 0 saturated carbocycles. The molecule has 0 aliphatic rings. The highest BCUT2D eigenvalue weighted by Crippen LogP contribution is 2.18. The van der Waals surface area contributed by atoms with Crippen LogP contribution in [-0.4, -0.2) is 7.05 Å². The molecule has 0 aliphatic carbocycles. The number of nitrogens with one attached hydrogen (secondary N) is 1. The first-order valence-electron chi connectivity index (χ1n) is 5.83. The summed E-state index contributed by atoms with van der Waals surface area (Å²) in [4.78, 5) is 0. The van der Waals surface area contributed by atoms with Gasteiger partial charge in [0.05, 0.1) is 0 Å². The number of rotatable bonds is 4. The first kappa shape index (κ1) is 13.3. The Morgan fingerprint density at radius 1 is 1.12 bits per heavy atom. The van der Waals surface area contributed by atoms with E-state index in [9.17, 15) is 0 Å². The van der Waals surface area contributed by atoms with E-state index in [1.54, 1.807) is 0 Å². The molecule has 0 atom stereocenters. The molecule has 0 aromatic heterocycles. The molecule has 1 aromatic rings. The minimum atomic E-state index is 1.05. The van der Waals surface area contributed by atoms with E-state index in [4.69, 9.17) is 0 Å². The monoisotopic (exact) mass is 227 g/mol. The van der Waals surface area contributed by atoms with Crippen molar-refractivity contribution >= 4 is 5.57 Å². The molecular weight excluding hydrogens is 206 g/mol. The average molecular weight is 227 g/mol. The van der Waals surface area contributed by atoms with Crippen molar-refractivity contribution in [3.05, 3.63) is 65.4 Å². The minimum absolute atomic E-state index is 1.05. The second kappa shape index (κ2) is 6.09. The summed E-state index contributed by atoms with van der Waals surface area (Å²) in [6.07, 6.45) is 4.11. The Balaban J connectivity index is 2.88. The largest absolute Gasteiger partial charge is 0.394 e. The predicted molar refractivity (Wildman–Crippen MR) is 76.8 cm³/mol. The molecule has 0 amide bonds. The lowest BCUT2D eigenvalue weighted by molar-refractivity contribution is 1.07. The van der Waals surface area contributed by atoms with Crippen molar-refractivity contribution in [3.63, 3.8) is 0 Å². The number of hydrogen-bond acceptors (Lipinski definition) is 1. The highest BCUT2D eigenvalue weighted by atomic mass is 14.8. The Labute approximate surface area is 105 Å². The Kier molecular flexibility index (Phi) is 4.77. The molecule has 1 N–H and O–H groups in total. The zero-order valence-corrected chi connectivity index (χ0v) is 11.2. The smallest absolute Gasteiger partial charge is 0.00278 e. The Hall–Kier alpha value is -1.76. The summed E-state index contributed by atoms with van der Waals surface area (Å²) in [5.41, 5.74) is 5.94. The van der Waals surface area contributed by atoms with Crippen LogP contribution in [0.15, 0.2) is 54.3 Å². The van der Waals surface area contributed by atoms with Gasteiger partial charge in [-0.25, -0.2) is 0 Å². The molecule has 17 heavy (non-hydrogen) atoms. The second-order valence-electron chi connectivity index (χ2n) is 4.33. The van der Waals surface area contributed by atoms with Gasteiger partial charge in [-0.05, 0) is 49.3 Å². The molecule has 0 radical (unpaired) electrons. The summed E-state index contributed by atoms with van der Waals surface area (Å²) in [6.45, 7) is 10.4. The van der Waals surface area contributed by atoms with E-state index in [1.807, 2.05) is 13.2 Å². The third kappa shape index (κ3) is 3.95. The van der Waals surface area contributed by atoms with E-state index in [1.165, 1.54) is 22.3 Å². The standard InChI is InChI=1S/C16H21N/c1-12-6-8-16(9-7-12)14(3)10-13(2)15(4)11-17-5/h6-11,17H,3H2,1-2,4-5H3/b13-10-,15-11-. The van der Waals surface area contributed by atoms with Crippen LogP contribution in [0.3, 0.4) is 0 Å². The number of allylic oxidation sites excluding steroid dienone is 4. The van der Waals surface area contributed by atoms with Crippen LogP contribution in [-0.2, 0) is 0 Å². The molecule has 90 valence electrons. The van der Waals surface area contributed by atoms with E-state index < -0.39 is 0 Å². The predicted octanol–water partition coefficient (Wildman–Crippen LogP) is 4.08. The third-order valence-corrected chi connectivity index (χ3v) is 2.80. The van der Waals surface area contributed by atoms with Gasteiger partial charge in [-0.1, -0.05) is 42.5 Å². The van der Waals surface area contributed by atoms with E-state index >= 15 is 0 Å². The molecule has 0 unspecified atom stereocenters. The SMILES string of the molecule is C=C(/C=C(C)\C(C)=C/NC)c1ccc(C)cc1. The van der Waals surface area contributed by atoms with Gasteiger partial charge in [0.1, 0.15) is 0 Å². The zero-order valence-electron chi connectivity index (χ0n) is 11.2. The lowest BCUT2D eigenvalue weighted by atomic mass is 10.0. The van der Waals surface area contributed by atoms with Crippen LogP contribution in [0.4, 0.5) is 0 Å². The fourth-order valence-electron chi connectivity index (χ4n) is 1.56. The van der Waals surface area contributed by atoms with Crippen LogP contribution in [0.1, 0.15) is 25.0 Å². The summed E-state index contributed by atoms with van der Waals surface area (Å²) < 4.78 is 0. The quantitative estimate of drug-likeness (QED) is 0.764. The maximum atomic E-state index is 4.11. The van der Waals surface area contributed by atoms with Crippen LogP contribution >= 0.6 is 0 Å². The fourth-order valence-corrected chi connectivity index (χ4v) is 1.56. The molecule has 1 rings (SSSR count). The van der Waals surface area contributed by atoms with Crippen molar-refractivity contribution in [2.45, 2.75) is 20.8 Å². The minimum Gasteiger partial charge on any atom is -0.394 e. The molecule has 1 nitrogen and oxygen atoms in total. The molecule has 1 aromatic carbocycles. The topological polar surface area (TPSA) is 12.0 Å². The van der Waals surface area contributed by atoms with Gasteiger partial charge in [0.2, 0.25) is 0 Å². The van der Waals surface area contributed by atoms with Crippen molar-refractivity contribution in [3.8, 4) is 0 Å². The Morgan fingerprint density at radius 2 is 1.71 bits per heavy atom. The van der Waals surface area contributed by atoms with Crippen LogP contribution in [0, 0.1) is 6.92 Å². The van der Waals surface area contributed by atoms with E-state index in [-0.39, 0.29) is 0 Å². The van der Waals surface area contributed by atoms with Crippen LogP contribution in [0.5, 0.6) is 0 Å². The summed E-state index contributed by atoms with van der Waals surface area (Å²) in [6, 6.07) is 8.44. The van der Waals surface area contributed by atoms with Crippen molar-refractivity contribution in [1.82, 2.24) is 5.32 Å². The molecule has 0 saturated heterocycles. The summed E-state index contributed by atoms with van der Waals surface area (Å²) in [7, 11) is 1.91. The first-order valence-corrected chi connectivity index (χ1v) is 5.83. The Bertz CT molecular complexity index is 447. The van der Waals surface area contributed by atoms with Crippen molar-refractivity contribution in [1.29, 1.82) is 0 Å². The van der Waals surface area contributed by atoms with Gasteiger partial charge >= 0.3 is 0 Å². The maximum Gasteiger partial charge on any atom is 0.00278 e. The van der Waals surface area contributed by atoms with Gasteiger partial charge in [0, 0.05) is 7.05 Å².